The van der Waals surface area contributed by atoms with Crippen LogP contribution in [0.1, 0.15) is 33.6 Å². The maximum Gasteiger partial charge on any atom is 0.0978 e. The fourth-order valence-corrected chi connectivity index (χ4v) is 0.602. The number of aliphatic hydroxyl groups is 1. The Bertz CT molecular complexity index is 88.9. The van der Waals surface area contributed by atoms with Crippen molar-refractivity contribution in [1.82, 2.24) is 0 Å². The number of rotatable bonds is 4. The molecule has 3 nitrogen and oxygen atoms in total. The van der Waals surface area contributed by atoms with Crippen LogP contribution >= 0.6 is 0 Å². The molecule has 1 unspecified atom stereocenters. The molecule has 0 rings (SSSR count). The fourth-order valence-electron chi connectivity index (χ4n) is 0.602. The van der Waals surface area contributed by atoms with Crippen LogP contribution in [0.2, 0.25) is 0 Å². The topological polar surface area (TPSA) is 49.7 Å². The number of hydrogen-bond donors (Lipinski definition) is 2. The van der Waals surface area contributed by atoms with Crippen molar-refractivity contribution in [3.8, 4) is 0 Å². The monoisotopic (exact) mass is 148 g/mol. The predicted octanol–water partition coefficient (Wildman–Crippen LogP) is 1.42. The lowest BCUT2D eigenvalue weighted by molar-refractivity contribution is -0.314. The minimum Gasteiger partial charge on any atom is -0.393 e. The van der Waals surface area contributed by atoms with Crippen molar-refractivity contribution >= 4 is 0 Å². The molecule has 0 aromatic rings. The van der Waals surface area contributed by atoms with Crippen LogP contribution in [0.25, 0.3) is 0 Å². The van der Waals surface area contributed by atoms with Gasteiger partial charge in [-0.3, -0.25) is 5.26 Å². The Labute approximate surface area is 61.6 Å². The van der Waals surface area contributed by atoms with E-state index in [1.807, 2.05) is 0 Å². The molecule has 10 heavy (non-hydrogen) atoms. The SMILES string of the molecule is CC(O)CCC(C)(C)OO. The summed E-state index contributed by atoms with van der Waals surface area (Å²) < 4.78 is 0. The second-order valence-corrected chi connectivity index (χ2v) is 3.24. The van der Waals surface area contributed by atoms with Gasteiger partial charge in [-0.2, -0.15) is 0 Å². The third kappa shape index (κ3) is 4.73. The molecule has 0 saturated heterocycles. The highest BCUT2D eigenvalue weighted by Gasteiger charge is 2.18. The first-order chi connectivity index (χ1) is 4.48. The minimum atomic E-state index is -0.531. The average Bonchev–Trinajstić information content (AvgIpc) is 1.85. The molecule has 0 heterocycles. The summed E-state index contributed by atoms with van der Waals surface area (Å²) in [5.74, 6) is 0. The Morgan fingerprint density at radius 2 is 2.00 bits per heavy atom. The van der Waals surface area contributed by atoms with Gasteiger partial charge in [0.05, 0.1) is 11.7 Å². The van der Waals surface area contributed by atoms with E-state index >= 15 is 0 Å². The zero-order chi connectivity index (χ0) is 8.20. The summed E-state index contributed by atoms with van der Waals surface area (Å²) in [5, 5.41) is 17.2. The van der Waals surface area contributed by atoms with Crippen molar-refractivity contribution < 1.29 is 15.3 Å². The molecule has 0 bridgehead atoms. The maximum absolute atomic E-state index is 8.87. The molecule has 0 amide bonds. The highest BCUT2D eigenvalue weighted by Crippen LogP contribution is 2.15. The molecular formula is C7H16O3. The maximum atomic E-state index is 8.87. The average molecular weight is 148 g/mol. The van der Waals surface area contributed by atoms with Crippen LogP contribution < -0.4 is 0 Å². The Morgan fingerprint density at radius 1 is 1.50 bits per heavy atom. The first kappa shape index (κ1) is 9.88. The van der Waals surface area contributed by atoms with Gasteiger partial charge in [-0.25, -0.2) is 4.89 Å². The summed E-state index contributed by atoms with van der Waals surface area (Å²) in [6, 6.07) is 0. The quantitative estimate of drug-likeness (QED) is 0.468. The summed E-state index contributed by atoms with van der Waals surface area (Å²) in [5.41, 5.74) is -0.531. The Balaban J connectivity index is 3.46. The molecule has 0 aliphatic heterocycles. The first-order valence-electron chi connectivity index (χ1n) is 3.48. The molecule has 3 heteroatoms. The summed E-state index contributed by atoms with van der Waals surface area (Å²) in [6.45, 7) is 5.26. The molecule has 0 aliphatic rings. The molecule has 0 fully saturated rings. The highest BCUT2D eigenvalue weighted by molar-refractivity contribution is 4.67. The van der Waals surface area contributed by atoms with Gasteiger partial charge in [-0.1, -0.05) is 0 Å². The van der Waals surface area contributed by atoms with Gasteiger partial charge in [0.2, 0.25) is 0 Å². The van der Waals surface area contributed by atoms with E-state index in [1.54, 1.807) is 20.8 Å². The van der Waals surface area contributed by atoms with E-state index in [4.69, 9.17) is 10.4 Å². The number of aliphatic hydroxyl groups excluding tert-OH is 1. The van der Waals surface area contributed by atoms with Gasteiger partial charge < -0.3 is 5.11 Å². The van der Waals surface area contributed by atoms with Gasteiger partial charge in [0.15, 0.2) is 0 Å². The standard InChI is InChI=1S/C7H16O3/c1-6(8)4-5-7(2,3)10-9/h6,8-9H,4-5H2,1-3H3. The molecule has 0 saturated carbocycles. The molecule has 0 aliphatic carbocycles. The molecular weight excluding hydrogens is 132 g/mol. The zero-order valence-electron chi connectivity index (χ0n) is 6.79. The van der Waals surface area contributed by atoms with Crippen LogP contribution in [0.4, 0.5) is 0 Å². The van der Waals surface area contributed by atoms with Crippen LogP contribution in [0, 0.1) is 0 Å². The molecule has 62 valence electrons. The molecule has 2 N–H and O–H groups in total. The van der Waals surface area contributed by atoms with E-state index in [-0.39, 0.29) is 6.10 Å². The second kappa shape index (κ2) is 3.91. The van der Waals surface area contributed by atoms with Crippen LogP contribution in [0.15, 0.2) is 0 Å². The normalized spacial score (nSPS) is 15.3. The third-order valence-corrected chi connectivity index (χ3v) is 1.41. The summed E-state index contributed by atoms with van der Waals surface area (Å²) >= 11 is 0. The molecule has 0 aromatic carbocycles. The van der Waals surface area contributed by atoms with E-state index in [1.165, 1.54) is 0 Å². The van der Waals surface area contributed by atoms with Gasteiger partial charge in [0, 0.05) is 0 Å². The van der Waals surface area contributed by atoms with E-state index in [0.29, 0.717) is 12.8 Å². The molecule has 1 atom stereocenters. The van der Waals surface area contributed by atoms with E-state index < -0.39 is 5.60 Å². The van der Waals surface area contributed by atoms with E-state index in [0.717, 1.165) is 0 Å². The van der Waals surface area contributed by atoms with Gasteiger partial charge in [0.25, 0.3) is 0 Å². The van der Waals surface area contributed by atoms with E-state index in [9.17, 15) is 0 Å². The van der Waals surface area contributed by atoms with Gasteiger partial charge in [-0.15, -0.1) is 0 Å². The van der Waals surface area contributed by atoms with Crippen LogP contribution in [0.3, 0.4) is 0 Å². The highest BCUT2D eigenvalue weighted by atomic mass is 17.1. The van der Waals surface area contributed by atoms with E-state index in [2.05, 4.69) is 4.89 Å². The Kier molecular flexibility index (Phi) is 3.86. The van der Waals surface area contributed by atoms with Gasteiger partial charge in [-0.05, 0) is 33.6 Å². The van der Waals surface area contributed by atoms with Gasteiger partial charge in [0.1, 0.15) is 0 Å². The predicted molar refractivity (Wildman–Crippen MR) is 38.7 cm³/mol. The summed E-state index contributed by atoms with van der Waals surface area (Å²) in [4.78, 5) is 4.18. The lowest BCUT2D eigenvalue weighted by Gasteiger charge is -2.20. The van der Waals surface area contributed by atoms with Crippen molar-refractivity contribution in [1.29, 1.82) is 0 Å². The number of hydrogen-bond acceptors (Lipinski definition) is 3. The molecule has 0 spiro atoms. The van der Waals surface area contributed by atoms with Gasteiger partial charge >= 0.3 is 0 Å². The van der Waals surface area contributed by atoms with Crippen LogP contribution in [-0.2, 0) is 4.89 Å². The first-order valence-corrected chi connectivity index (χ1v) is 3.48. The lowest BCUT2D eigenvalue weighted by atomic mass is 10.0. The lowest BCUT2D eigenvalue weighted by Crippen LogP contribution is -2.24. The van der Waals surface area contributed by atoms with Crippen molar-refractivity contribution in [2.75, 3.05) is 0 Å². The summed E-state index contributed by atoms with van der Waals surface area (Å²) in [7, 11) is 0. The zero-order valence-corrected chi connectivity index (χ0v) is 6.79. The van der Waals surface area contributed by atoms with Crippen molar-refractivity contribution in [3.63, 3.8) is 0 Å². The Morgan fingerprint density at radius 3 is 2.30 bits per heavy atom. The van der Waals surface area contributed by atoms with Crippen molar-refractivity contribution in [2.45, 2.75) is 45.3 Å². The fraction of sp³-hybridized carbons (Fsp3) is 1.00. The second-order valence-electron chi connectivity index (χ2n) is 3.24. The smallest absolute Gasteiger partial charge is 0.0978 e. The third-order valence-electron chi connectivity index (χ3n) is 1.41. The summed E-state index contributed by atoms with van der Waals surface area (Å²) in [6.07, 6.45) is 0.976. The molecule has 0 radical (unpaired) electrons. The van der Waals surface area contributed by atoms with Crippen LogP contribution in [0.5, 0.6) is 0 Å². The Hall–Kier alpha value is -0.120. The largest absolute Gasteiger partial charge is 0.393 e. The molecule has 0 aromatic heterocycles. The van der Waals surface area contributed by atoms with Crippen molar-refractivity contribution in [2.24, 2.45) is 0 Å². The van der Waals surface area contributed by atoms with Crippen molar-refractivity contribution in [3.05, 3.63) is 0 Å². The minimum absolute atomic E-state index is 0.325. The van der Waals surface area contributed by atoms with Crippen LogP contribution in [-0.4, -0.2) is 22.1 Å².